The van der Waals surface area contributed by atoms with Crippen molar-refractivity contribution < 1.29 is 14.3 Å². The van der Waals surface area contributed by atoms with Crippen LogP contribution in [0.4, 0.5) is 5.69 Å². The van der Waals surface area contributed by atoms with Gasteiger partial charge < -0.3 is 15.0 Å². The lowest BCUT2D eigenvalue weighted by molar-refractivity contribution is -0.128. The van der Waals surface area contributed by atoms with Gasteiger partial charge in [-0.2, -0.15) is 0 Å². The number of carbonyl (C=O) groups is 2. The minimum absolute atomic E-state index is 0.0503. The molecule has 1 aromatic rings. The van der Waals surface area contributed by atoms with Crippen molar-refractivity contribution in [3.63, 3.8) is 0 Å². The summed E-state index contributed by atoms with van der Waals surface area (Å²) in [6.07, 6.45) is 8.06. The highest BCUT2D eigenvalue weighted by Gasteiger charge is 2.22. The summed E-state index contributed by atoms with van der Waals surface area (Å²) in [5.74, 6) is 0.773. The Kier molecular flexibility index (Phi) is 5.95. The number of benzene rings is 1. The number of amides is 2. The third-order valence-electron chi connectivity index (χ3n) is 5.11. The Morgan fingerprint density at radius 3 is 2.40 bits per heavy atom. The van der Waals surface area contributed by atoms with E-state index >= 15 is 0 Å². The van der Waals surface area contributed by atoms with Crippen LogP contribution in [0.5, 0.6) is 5.75 Å². The van der Waals surface area contributed by atoms with Gasteiger partial charge in [-0.25, -0.2) is 0 Å². The van der Waals surface area contributed by atoms with Crippen molar-refractivity contribution in [1.29, 1.82) is 0 Å². The van der Waals surface area contributed by atoms with E-state index in [2.05, 4.69) is 5.32 Å². The average Bonchev–Trinajstić information content (AvgIpc) is 2.88. The third-order valence-corrected chi connectivity index (χ3v) is 5.11. The standard InChI is InChI=1S/C20H28N2O3/c1-15(20(24)21-16-7-4-2-3-5-8-16)25-18-12-10-17(11-13-18)22-14-6-9-19(22)23/h10-13,15-16H,2-9,14H2,1H3,(H,21,24). The molecule has 1 aromatic carbocycles. The first-order valence-electron chi connectivity index (χ1n) is 9.51. The number of nitrogens with zero attached hydrogens (tertiary/aromatic N) is 1. The molecule has 0 aromatic heterocycles. The summed E-state index contributed by atoms with van der Waals surface area (Å²) in [5, 5.41) is 3.12. The molecule has 1 saturated heterocycles. The SMILES string of the molecule is CC(Oc1ccc(N2CCCC2=O)cc1)C(=O)NC1CCCCCC1. The van der Waals surface area contributed by atoms with Crippen molar-refractivity contribution in [2.45, 2.75) is 70.4 Å². The maximum Gasteiger partial charge on any atom is 0.260 e. The largest absolute Gasteiger partial charge is 0.481 e. The fraction of sp³-hybridized carbons (Fsp3) is 0.600. The summed E-state index contributed by atoms with van der Waals surface area (Å²) in [4.78, 5) is 25.9. The van der Waals surface area contributed by atoms with Crippen molar-refractivity contribution in [2.75, 3.05) is 11.4 Å². The fourth-order valence-corrected chi connectivity index (χ4v) is 3.63. The summed E-state index contributed by atoms with van der Waals surface area (Å²) >= 11 is 0. The Balaban J connectivity index is 1.52. The van der Waals surface area contributed by atoms with E-state index in [4.69, 9.17) is 4.74 Å². The van der Waals surface area contributed by atoms with Gasteiger partial charge in [0.2, 0.25) is 5.91 Å². The van der Waals surface area contributed by atoms with Crippen LogP contribution in [0.15, 0.2) is 24.3 Å². The molecule has 1 N–H and O–H groups in total. The van der Waals surface area contributed by atoms with Crippen LogP contribution >= 0.6 is 0 Å². The zero-order chi connectivity index (χ0) is 17.6. The van der Waals surface area contributed by atoms with E-state index < -0.39 is 6.10 Å². The van der Waals surface area contributed by atoms with E-state index in [9.17, 15) is 9.59 Å². The lowest BCUT2D eigenvalue weighted by atomic mass is 10.1. The molecule has 25 heavy (non-hydrogen) atoms. The molecular formula is C20H28N2O3. The molecule has 1 unspecified atom stereocenters. The summed E-state index contributed by atoms with van der Waals surface area (Å²) in [5.41, 5.74) is 0.894. The second-order valence-corrected chi connectivity index (χ2v) is 7.10. The number of hydrogen-bond acceptors (Lipinski definition) is 3. The van der Waals surface area contributed by atoms with Crippen molar-refractivity contribution in [2.24, 2.45) is 0 Å². The molecule has 1 heterocycles. The Hall–Kier alpha value is -2.04. The zero-order valence-corrected chi connectivity index (χ0v) is 15.0. The van der Waals surface area contributed by atoms with Crippen molar-refractivity contribution in [1.82, 2.24) is 5.32 Å². The highest BCUT2D eigenvalue weighted by molar-refractivity contribution is 5.95. The van der Waals surface area contributed by atoms with Crippen LogP contribution in [-0.2, 0) is 9.59 Å². The van der Waals surface area contributed by atoms with E-state index in [0.29, 0.717) is 12.2 Å². The van der Waals surface area contributed by atoms with Gasteiger partial charge in [-0.05, 0) is 50.5 Å². The van der Waals surface area contributed by atoms with Gasteiger partial charge in [-0.1, -0.05) is 25.7 Å². The van der Waals surface area contributed by atoms with Crippen molar-refractivity contribution >= 4 is 17.5 Å². The zero-order valence-electron chi connectivity index (χ0n) is 15.0. The van der Waals surface area contributed by atoms with Crippen LogP contribution < -0.4 is 15.0 Å². The summed E-state index contributed by atoms with van der Waals surface area (Å²) < 4.78 is 5.78. The van der Waals surface area contributed by atoms with Gasteiger partial charge in [0.1, 0.15) is 5.75 Å². The number of rotatable bonds is 5. The van der Waals surface area contributed by atoms with E-state index in [0.717, 1.165) is 31.5 Å². The van der Waals surface area contributed by atoms with Gasteiger partial charge in [-0.3, -0.25) is 9.59 Å². The minimum Gasteiger partial charge on any atom is -0.481 e. The first-order valence-corrected chi connectivity index (χ1v) is 9.51. The number of ether oxygens (including phenoxy) is 1. The van der Waals surface area contributed by atoms with Gasteiger partial charge in [0.15, 0.2) is 6.10 Å². The van der Waals surface area contributed by atoms with Crippen LogP contribution in [0.25, 0.3) is 0 Å². The van der Waals surface area contributed by atoms with Crippen LogP contribution in [-0.4, -0.2) is 30.5 Å². The third kappa shape index (κ3) is 4.74. The Labute approximate surface area is 149 Å². The van der Waals surface area contributed by atoms with Crippen LogP contribution in [0.2, 0.25) is 0 Å². The van der Waals surface area contributed by atoms with Crippen LogP contribution in [0.3, 0.4) is 0 Å². The Bertz CT molecular complexity index is 591. The van der Waals surface area contributed by atoms with E-state index in [-0.39, 0.29) is 17.9 Å². The molecule has 0 spiro atoms. The first kappa shape index (κ1) is 17.8. The smallest absolute Gasteiger partial charge is 0.260 e. The lowest BCUT2D eigenvalue weighted by Crippen LogP contribution is -2.42. The molecule has 1 aliphatic heterocycles. The molecule has 136 valence electrons. The highest BCUT2D eigenvalue weighted by atomic mass is 16.5. The van der Waals surface area contributed by atoms with E-state index in [1.807, 2.05) is 24.3 Å². The molecule has 2 amide bonds. The maximum absolute atomic E-state index is 12.4. The minimum atomic E-state index is -0.525. The Morgan fingerprint density at radius 2 is 1.80 bits per heavy atom. The topological polar surface area (TPSA) is 58.6 Å². The monoisotopic (exact) mass is 344 g/mol. The van der Waals surface area contributed by atoms with Gasteiger partial charge in [0, 0.05) is 24.7 Å². The molecule has 2 aliphatic rings. The highest BCUT2D eigenvalue weighted by Crippen LogP contribution is 2.24. The molecule has 5 nitrogen and oxygen atoms in total. The molecule has 0 bridgehead atoms. The number of nitrogens with one attached hydrogen (secondary N) is 1. The normalized spacial score (nSPS) is 20.2. The van der Waals surface area contributed by atoms with Gasteiger partial charge in [0.25, 0.3) is 5.91 Å². The Morgan fingerprint density at radius 1 is 1.12 bits per heavy atom. The molecule has 2 fully saturated rings. The number of carbonyl (C=O) groups excluding carboxylic acids is 2. The molecule has 1 saturated carbocycles. The number of hydrogen-bond donors (Lipinski definition) is 1. The molecule has 0 radical (unpaired) electrons. The van der Waals surface area contributed by atoms with Crippen LogP contribution in [0.1, 0.15) is 58.3 Å². The molecule has 1 aliphatic carbocycles. The fourth-order valence-electron chi connectivity index (χ4n) is 3.63. The quantitative estimate of drug-likeness (QED) is 0.833. The first-order chi connectivity index (χ1) is 12.1. The van der Waals surface area contributed by atoms with Gasteiger partial charge in [-0.15, -0.1) is 0 Å². The summed E-state index contributed by atoms with van der Waals surface area (Å²) in [7, 11) is 0. The van der Waals surface area contributed by atoms with Gasteiger partial charge >= 0.3 is 0 Å². The maximum atomic E-state index is 12.4. The summed E-state index contributed by atoms with van der Waals surface area (Å²) in [6, 6.07) is 7.71. The lowest BCUT2D eigenvalue weighted by Gasteiger charge is -2.21. The molecule has 5 heteroatoms. The van der Waals surface area contributed by atoms with E-state index in [1.54, 1.807) is 11.8 Å². The van der Waals surface area contributed by atoms with Gasteiger partial charge in [0.05, 0.1) is 0 Å². The molecular weight excluding hydrogens is 316 g/mol. The average molecular weight is 344 g/mol. The predicted octanol–water partition coefficient (Wildman–Crippen LogP) is 3.42. The number of anilines is 1. The summed E-state index contributed by atoms with van der Waals surface area (Å²) in [6.45, 7) is 2.56. The van der Waals surface area contributed by atoms with Crippen LogP contribution in [0, 0.1) is 0 Å². The second kappa shape index (κ2) is 8.37. The molecule has 1 atom stereocenters. The predicted molar refractivity (Wildman–Crippen MR) is 97.8 cm³/mol. The van der Waals surface area contributed by atoms with Crippen molar-refractivity contribution in [3.05, 3.63) is 24.3 Å². The molecule has 3 rings (SSSR count). The second-order valence-electron chi connectivity index (χ2n) is 7.10. The van der Waals surface area contributed by atoms with Crippen molar-refractivity contribution in [3.8, 4) is 5.75 Å². The van der Waals surface area contributed by atoms with E-state index in [1.165, 1.54) is 25.7 Å².